The fraction of sp³-hybridized carbons (Fsp3) is 0.375. The molecule has 0 saturated carbocycles. The Hall–Kier alpha value is -0.940. The van der Waals surface area contributed by atoms with Gasteiger partial charge >= 0.3 is 0 Å². The van der Waals surface area contributed by atoms with E-state index in [0.717, 1.165) is 11.3 Å². The maximum atomic E-state index is 11.1. The number of aliphatic hydroxyl groups is 1. The van der Waals surface area contributed by atoms with E-state index in [1.807, 2.05) is 0 Å². The lowest BCUT2D eigenvalue weighted by molar-refractivity contribution is 0.0825. The summed E-state index contributed by atoms with van der Waals surface area (Å²) in [5, 5.41) is 23.3. The lowest BCUT2D eigenvalue weighted by atomic mass is 10.1. The Bertz CT molecular complexity index is 517. The van der Waals surface area contributed by atoms with Crippen molar-refractivity contribution in [1.82, 2.24) is 0 Å². The minimum Gasteiger partial charge on any atom is -0.385 e. The van der Waals surface area contributed by atoms with Crippen molar-refractivity contribution in [3.05, 3.63) is 16.5 Å². The van der Waals surface area contributed by atoms with E-state index in [0.29, 0.717) is 4.88 Å². The SMILES string of the molecule is CC(C)(O)c1cc(C#N)c(S(N)(=O)=O)s1. The van der Waals surface area contributed by atoms with Gasteiger partial charge in [-0.2, -0.15) is 5.26 Å². The average Bonchev–Trinajstić information content (AvgIpc) is 2.44. The first-order valence-electron chi connectivity index (χ1n) is 3.96. The number of hydrogen-bond donors (Lipinski definition) is 2. The van der Waals surface area contributed by atoms with E-state index in [1.165, 1.54) is 19.9 Å². The first-order valence-corrected chi connectivity index (χ1v) is 6.32. The van der Waals surface area contributed by atoms with Crippen molar-refractivity contribution < 1.29 is 13.5 Å². The van der Waals surface area contributed by atoms with Crippen LogP contribution in [0, 0.1) is 11.3 Å². The van der Waals surface area contributed by atoms with Gasteiger partial charge in [0.25, 0.3) is 0 Å². The number of nitrogens with zero attached hydrogens (tertiary/aromatic N) is 1. The first kappa shape index (κ1) is 12.1. The van der Waals surface area contributed by atoms with Crippen LogP contribution in [0.25, 0.3) is 0 Å². The van der Waals surface area contributed by atoms with Crippen LogP contribution >= 0.6 is 11.3 Å². The molecule has 1 heterocycles. The molecule has 0 fully saturated rings. The molecule has 0 atom stereocenters. The molecule has 15 heavy (non-hydrogen) atoms. The fourth-order valence-corrected chi connectivity index (χ4v) is 2.95. The van der Waals surface area contributed by atoms with Crippen molar-refractivity contribution in [2.75, 3.05) is 0 Å². The Morgan fingerprint density at radius 1 is 1.60 bits per heavy atom. The van der Waals surface area contributed by atoms with Gasteiger partial charge in [0.05, 0.1) is 11.2 Å². The molecule has 1 aromatic heterocycles. The van der Waals surface area contributed by atoms with E-state index in [-0.39, 0.29) is 9.77 Å². The van der Waals surface area contributed by atoms with Crippen molar-refractivity contribution >= 4 is 21.4 Å². The highest BCUT2D eigenvalue weighted by molar-refractivity contribution is 7.91. The van der Waals surface area contributed by atoms with Gasteiger partial charge in [0.15, 0.2) is 4.21 Å². The zero-order valence-electron chi connectivity index (χ0n) is 8.18. The summed E-state index contributed by atoms with van der Waals surface area (Å²) in [7, 11) is -3.90. The van der Waals surface area contributed by atoms with Crippen LogP contribution in [0.15, 0.2) is 10.3 Å². The van der Waals surface area contributed by atoms with Crippen LogP contribution < -0.4 is 5.14 Å². The predicted molar refractivity (Wildman–Crippen MR) is 55.7 cm³/mol. The third-order valence-corrected chi connectivity index (χ3v) is 4.61. The summed E-state index contributed by atoms with van der Waals surface area (Å²) in [4.78, 5) is 0.392. The Labute approximate surface area is 91.8 Å². The fourth-order valence-electron chi connectivity index (χ4n) is 0.965. The monoisotopic (exact) mass is 246 g/mol. The van der Waals surface area contributed by atoms with Crippen LogP contribution in [0.1, 0.15) is 24.3 Å². The second-order valence-corrected chi connectivity index (χ2v) is 6.34. The number of thiophene rings is 1. The van der Waals surface area contributed by atoms with Gasteiger partial charge in [-0.1, -0.05) is 0 Å². The molecule has 0 amide bonds. The highest BCUT2D eigenvalue weighted by atomic mass is 32.2. The molecular weight excluding hydrogens is 236 g/mol. The lowest BCUT2D eigenvalue weighted by Gasteiger charge is -2.13. The summed E-state index contributed by atoms with van der Waals surface area (Å²) in [6.07, 6.45) is 0. The van der Waals surface area contributed by atoms with Gasteiger partial charge in [-0.3, -0.25) is 0 Å². The number of nitriles is 1. The molecule has 1 aromatic rings. The van der Waals surface area contributed by atoms with Gasteiger partial charge < -0.3 is 5.11 Å². The summed E-state index contributed by atoms with van der Waals surface area (Å²) in [6, 6.07) is 3.07. The second kappa shape index (κ2) is 3.57. The van der Waals surface area contributed by atoms with Crippen LogP contribution in [0.2, 0.25) is 0 Å². The van der Waals surface area contributed by atoms with Crippen molar-refractivity contribution in [3.8, 4) is 6.07 Å². The Balaban J connectivity index is 3.46. The Morgan fingerprint density at radius 2 is 2.13 bits per heavy atom. The standard InChI is InChI=1S/C8H10N2O3S2/c1-8(2,11)6-3-5(4-9)7(14-6)15(10,12)13/h3,11H,1-2H3,(H2,10,12,13). The molecule has 0 unspecified atom stereocenters. The molecule has 0 aliphatic carbocycles. The molecule has 0 radical (unpaired) electrons. The van der Waals surface area contributed by atoms with Crippen molar-refractivity contribution in [2.24, 2.45) is 5.14 Å². The van der Waals surface area contributed by atoms with E-state index in [4.69, 9.17) is 10.4 Å². The third kappa shape index (κ3) is 2.54. The molecule has 0 spiro atoms. The maximum Gasteiger partial charge on any atom is 0.248 e. The summed E-state index contributed by atoms with van der Waals surface area (Å²) in [5.41, 5.74) is -1.21. The summed E-state index contributed by atoms with van der Waals surface area (Å²) in [5.74, 6) is 0. The first-order chi connectivity index (χ1) is 6.66. The van der Waals surface area contributed by atoms with E-state index in [9.17, 15) is 13.5 Å². The molecule has 1 rings (SSSR count). The molecule has 7 heteroatoms. The largest absolute Gasteiger partial charge is 0.385 e. The van der Waals surface area contributed by atoms with Crippen molar-refractivity contribution in [3.63, 3.8) is 0 Å². The topological polar surface area (TPSA) is 104 Å². The van der Waals surface area contributed by atoms with Crippen LogP contribution in [0.4, 0.5) is 0 Å². The predicted octanol–water partition coefficient (Wildman–Crippen LogP) is 0.495. The van der Waals surface area contributed by atoms with Crippen molar-refractivity contribution in [1.29, 1.82) is 5.26 Å². The summed E-state index contributed by atoms with van der Waals surface area (Å²) < 4.78 is 22.0. The third-order valence-electron chi connectivity index (χ3n) is 1.68. The molecule has 5 nitrogen and oxygen atoms in total. The molecule has 0 saturated heterocycles. The van der Waals surface area contributed by atoms with E-state index in [2.05, 4.69) is 0 Å². The highest BCUT2D eigenvalue weighted by Crippen LogP contribution is 2.32. The normalized spacial score (nSPS) is 12.5. The summed E-state index contributed by atoms with van der Waals surface area (Å²) in [6.45, 7) is 3.01. The zero-order chi connectivity index (χ0) is 11.9. The smallest absolute Gasteiger partial charge is 0.248 e. The van der Waals surface area contributed by atoms with Gasteiger partial charge in [-0.25, -0.2) is 13.6 Å². The minimum atomic E-state index is -3.90. The number of rotatable bonds is 2. The van der Waals surface area contributed by atoms with Gasteiger partial charge in [-0.05, 0) is 19.9 Å². The van der Waals surface area contributed by atoms with Crippen molar-refractivity contribution in [2.45, 2.75) is 23.7 Å². The van der Waals surface area contributed by atoms with Gasteiger partial charge in [0.2, 0.25) is 10.0 Å². The Morgan fingerprint density at radius 3 is 2.40 bits per heavy atom. The second-order valence-electron chi connectivity index (χ2n) is 3.53. The van der Waals surface area contributed by atoms with Gasteiger partial charge in [-0.15, -0.1) is 11.3 Å². The quantitative estimate of drug-likeness (QED) is 0.792. The molecule has 3 N–H and O–H groups in total. The van der Waals surface area contributed by atoms with E-state index in [1.54, 1.807) is 6.07 Å². The molecular formula is C8H10N2O3S2. The van der Waals surface area contributed by atoms with Crippen LogP contribution in [0.3, 0.4) is 0 Å². The molecule has 0 aliphatic rings. The van der Waals surface area contributed by atoms with Gasteiger partial charge in [0, 0.05) is 4.88 Å². The minimum absolute atomic E-state index is 0.0281. The van der Waals surface area contributed by atoms with Crippen LogP contribution in [0.5, 0.6) is 0 Å². The molecule has 0 aliphatic heterocycles. The highest BCUT2D eigenvalue weighted by Gasteiger charge is 2.25. The zero-order valence-corrected chi connectivity index (χ0v) is 9.82. The van der Waals surface area contributed by atoms with Crippen LogP contribution in [-0.2, 0) is 15.6 Å². The van der Waals surface area contributed by atoms with Crippen LogP contribution in [-0.4, -0.2) is 13.5 Å². The number of nitrogens with two attached hydrogens (primary N) is 1. The Kier molecular flexibility index (Phi) is 2.89. The van der Waals surface area contributed by atoms with E-state index >= 15 is 0 Å². The maximum absolute atomic E-state index is 11.1. The number of sulfonamides is 1. The van der Waals surface area contributed by atoms with E-state index < -0.39 is 15.6 Å². The molecule has 82 valence electrons. The molecule has 0 aromatic carbocycles. The number of primary sulfonamides is 1. The number of hydrogen-bond acceptors (Lipinski definition) is 5. The average molecular weight is 246 g/mol. The molecule has 0 bridgehead atoms. The summed E-state index contributed by atoms with van der Waals surface area (Å²) >= 11 is 0.812. The lowest BCUT2D eigenvalue weighted by Crippen LogP contribution is -2.13. The van der Waals surface area contributed by atoms with Gasteiger partial charge in [0.1, 0.15) is 6.07 Å².